The SMILES string of the molecule is CCNCc1csc(N2CCN(CCN(C)C)CC2)n1. The summed E-state index contributed by atoms with van der Waals surface area (Å²) < 4.78 is 0. The highest BCUT2D eigenvalue weighted by Gasteiger charge is 2.19. The van der Waals surface area contributed by atoms with Gasteiger partial charge in [0.25, 0.3) is 0 Å². The lowest BCUT2D eigenvalue weighted by molar-refractivity contribution is 0.229. The van der Waals surface area contributed by atoms with Crippen molar-refractivity contribution in [2.75, 3.05) is 64.8 Å². The molecule has 1 N–H and O–H groups in total. The van der Waals surface area contributed by atoms with Gasteiger partial charge >= 0.3 is 0 Å². The Morgan fingerprint density at radius 1 is 1.30 bits per heavy atom. The summed E-state index contributed by atoms with van der Waals surface area (Å²) in [5.74, 6) is 0. The van der Waals surface area contributed by atoms with Crippen molar-refractivity contribution in [3.8, 4) is 0 Å². The molecule has 2 heterocycles. The van der Waals surface area contributed by atoms with Gasteiger partial charge in [-0.15, -0.1) is 11.3 Å². The van der Waals surface area contributed by atoms with E-state index in [2.05, 4.69) is 46.4 Å². The fourth-order valence-corrected chi connectivity index (χ4v) is 3.16. The predicted octanol–water partition coefficient (Wildman–Crippen LogP) is 0.936. The Morgan fingerprint density at radius 3 is 2.70 bits per heavy atom. The van der Waals surface area contributed by atoms with Crippen LogP contribution >= 0.6 is 11.3 Å². The van der Waals surface area contributed by atoms with Gasteiger partial charge in [0.2, 0.25) is 0 Å². The fraction of sp³-hybridized carbons (Fsp3) is 0.786. The summed E-state index contributed by atoms with van der Waals surface area (Å²) in [7, 11) is 4.27. The third-order valence-corrected chi connectivity index (χ3v) is 4.55. The highest BCUT2D eigenvalue weighted by molar-refractivity contribution is 7.13. The van der Waals surface area contributed by atoms with Gasteiger partial charge in [-0.1, -0.05) is 6.92 Å². The summed E-state index contributed by atoms with van der Waals surface area (Å²) in [6.45, 7) is 10.8. The van der Waals surface area contributed by atoms with E-state index in [9.17, 15) is 0 Å². The molecule has 0 saturated carbocycles. The summed E-state index contributed by atoms with van der Waals surface area (Å²) in [6.07, 6.45) is 0. The molecule has 2 rings (SSSR count). The molecule has 1 aromatic heterocycles. The molecule has 0 aromatic carbocycles. The minimum atomic E-state index is 0.885. The van der Waals surface area contributed by atoms with Crippen molar-refractivity contribution < 1.29 is 0 Å². The van der Waals surface area contributed by atoms with Crippen molar-refractivity contribution in [2.45, 2.75) is 13.5 Å². The molecule has 20 heavy (non-hydrogen) atoms. The molecular formula is C14H27N5S. The normalized spacial score (nSPS) is 17.1. The van der Waals surface area contributed by atoms with E-state index in [0.29, 0.717) is 0 Å². The van der Waals surface area contributed by atoms with Crippen LogP contribution in [0.1, 0.15) is 12.6 Å². The van der Waals surface area contributed by atoms with E-state index in [1.165, 1.54) is 17.4 Å². The molecule has 1 aromatic rings. The molecule has 0 bridgehead atoms. The predicted molar refractivity (Wildman–Crippen MR) is 86.7 cm³/mol. The van der Waals surface area contributed by atoms with E-state index >= 15 is 0 Å². The minimum absolute atomic E-state index is 0.885. The van der Waals surface area contributed by atoms with Crippen molar-refractivity contribution in [3.05, 3.63) is 11.1 Å². The molecule has 1 fully saturated rings. The average Bonchev–Trinajstić information content (AvgIpc) is 2.92. The molecule has 0 amide bonds. The number of piperazine rings is 1. The Labute approximate surface area is 126 Å². The lowest BCUT2D eigenvalue weighted by Gasteiger charge is -2.35. The van der Waals surface area contributed by atoms with Crippen molar-refractivity contribution in [1.29, 1.82) is 0 Å². The zero-order chi connectivity index (χ0) is 14.4. The molecule has 1 aliphatic heterocycles. The first-order chi connectivity index (χ1) is 9.69. The first-order valence-corrected chi connectivity index (χ1v) is 8.34. The van der Waals surface area contributed by atoms with Crippen LogP contribution in [0.25, 0.3) is 0 Å². The zero-order valence-corrected chi connectivity index (χ0v) is 13.7. The second-order valence-electron chi connectivity index (χ2n) is 5.53. The molecular weight excluding hydrogens is 270 g/mol. The van der Waals surface area contributed by atoms with Gasteiger partial charge in [0.15, 0.2) is 5.13 Å². The van der Waals surface area contributed by atoms with Crippen molar-refractivity contribution in [2.24, 2.45) is 0 Å². The number of rotatable bonds is 7. The van der Waals surface area contributed by atoms with Gasteiger partial charge in [-0.2, -0.15) is 0 Å². The third-order valence-electron chi connectivity index (χ3n) is 3.60. The van der Waals surface area contributed by atoms with Crippen molar-refractivity contribution in [1.82, 2.24) is 20.1 Å². The van der Waals surface area contributed by atoms with Crippen LogP contribution in [0.4, 0.5) is 5.13 Å². The van der Waals surface area contributed by atoms with Crippen LogP contribution < -0.4 is 10.2 Å². The molecule has 6 heteroatoms. The molecule has 5 nitrogen and oxygen atoms in total. The van der Waals surface area contributed by atoms with Gasteiger partial charge in [0.05, 0.1) is 5.69 Å². The maximum absolute atomic E-state index is 4.73. The Balaban J connectivity index is 1.77. The number of anilines is 1. The Bertz CT molecular complexity index is 385. The monoisotopic (exact) mass is 297 g/mol. The maximum atomic E-state index is 4.73. The lowest BCUT2D eigenvalue weighted by Crippen LogP contribution is -2.48. The molecule has 0 radical (unpaired) electrons. The number of likely N-dealkylation sites (N-methyl/N-ethyl adjacent to an activating group) is 1. The van der Waals surface area contributed by atoms with E-state index in [1.54, 1.807) is 11.3 Å². The lowest BCUT2D eigenvalue weighted by atomic mass is 10.3. The fourth-order valence-electron chi connectivity index (χ4n) is 2.28. The Hall–Kier alpha value is -0.690. The summed E-state index contributed by atoms with van der Waals surface area (Å²) in [5, 5.41) is 6.69. The summed E-state index contributed by atoms with van der Waals surface area (Å²) in [4.78, 5) is 11.9. The number of hydrogen-bond acceptors (Lipinski definition) is 6. The topological polar surface area (TPSA) is 34.6 Å². The highest BCUT2D eigenvalue weighted by Crippen LogP contribution is 2.21. The highest BCUT2D eigenvalue weighted by atomic mass is 32.1. The second-order valence-corrected chi connectivity index (χ2v) is 6.37. The first kappa shape index (κ1) is 15.7. The molecule has 0 unspecified atom stereocenters. The van der Waals surface area contributed by atoms with Gasteiger partial charge < -0.3 is 15.1 Å². The molecule has 1 aliphatic rings. The number of nitrogens with one attached hydrogen (secondary N) is 1. The van der Waals surface area contributed by atoms with E-state index in [1.807, 2.05) is 0 Å². The first-order valence-electron chi connectivity index (χ1n) is 7.46. The maximum Gasteiger partial charge on any atom is 0.185 e. The number of thiazole rings is 1. The van der Waals surface area contributed by atoms with E-state index in [4.69, 9.17) is 4.98 Å². The summed E-state index contributed by atoms with van der Waals surface area (Å²) in [5.41, 5.74) is 1.17. The Morgan fingerprint density at radius 2 is 2.05 bits per heavy atom. The quantitative estimate of drug-likeness (QED) is 0.810. The van der Waals surface area contributed by atoms with E-state index < -0.39 is 0 Å². The summed E-state index contributed by atoms with van der Waals surface area (Å²) >= 11 is 1.77. The molecule has 0 atom stereocenters. The van der Waals surface area contributed by atoms with Crippen LogP contribution in [0, 0.1) is 0 Å². The van der Waals surface area contributed by atoms with Gasteiger partial charge in [-0.05, 0) is 20.6 Å². The second kappa shape index (κ2) is 7.93. The van der Waals surface area contributed by atoms with Crippen molar-refractivity contribution in [3.63, 3.8) is 0 Å². The van der Waals surface area contributed by atoms with Crippen LogP contribution in [-0.4, -0.2) is 74.7 Å². The van der Waals surface area contributed by atoms with Crippen LogP contribution in [0.2, 0.25) is 0 Å². The van der Waals surface area contributed by atoms with Crippen LogP contribution in [0.3, 0.4) is 0 Å². The van der Waals surface area contributed by atoms with Crippen molar-refractivity contribution >= 4 is 16.5 Å². The molecule has 114 valence electrons. The number of nitrogens with zero attached hydrogens (tertiary/aromatic N) is 4. The molecule has 0 spiro atoms. The standard InChI is InChI=1S/C14H27N5S/c1-4-15-11-13-12-20-14(16-13)19-9-7-18(8-10-19)6-5-17(2)3/h12,15H,4-11H2,1-3H3. The van der Waals surface area contributed by atoms with Gasteiger partial charge in [0.1, 0.15) is 0 Å². The van der Waals surface area contributed by atoms with Crippen LogP contribution in [0.5, 0.6) is 0 Å². The molecule has 0 aliphatic carbocycles. The smallest absolute Gasteiger partial charge is 0.185 e. The zero-order valence-electron chi connectivity index (χ0n) is 12.9. The Kier molecular flexibility index (Phi) is 6.22. The molecule has 1 saturated heterocycles. The average molecular weight is 297 g/mol. The summed E-state index contributed by atoms with van der Waals surface area (Å²) in [6, 6.07) is 0. The van der Waals surface area contributed by atoms with Crippen LogP contribution in [-0.2, 0) is 6.54 Å². The van der Waals surface area contributed by atoms with E-state index in [0.717, 1.165) is 45.8 Å². The largest absolute Gasteiger partial charge is 0.346 e. The van der Waals surface area contributed by atoms with Gasteiger partial charge in [0, 0.05) is 51.2 Å². The third kappa shape index (κ3) is 4.70. The van der Waals surface area contributed by atoms with E-state index in [-0.39, 0.29) is 0 Å². The number of aromatic nitrogens is 1. The van der Waals surface area contributed by atoms with Gasteiger partial charge in [-0.3, -0.25) is 4.90 Å². The van der Waals surface area contributed by atoms with Gasteiger partial charge in [-0.25, -0.2) is 4.98 Å². The minimum Gasteiger partial charge on any atom is -0.346 e. The van der Waals surface area contributed by atoms with Crippen LogP contribution in [0.15, 0.2) is 5.38 Å². The number of hydrogen-bond donors (Lipinski definition) is 1.